The third-order valence-corrected chi connectivity index (χ3v) is 6.38. The van der Waals surface area contributed by atoms with Crippen molar-refractivity contribution in [2.24, 2.45) is 0 Å². The number of amides is 1. The van der Waals surface area contributed by atoms with Crippen molar-refractivity contribution in [3.05, 3.63) is 90.5 Å². The van der Waals surface area contributed by atoms with Crippen LogP contribution < -0.4 is 5.32 Å². The number of rotatable bonds is 6. The maximum Gasteiger partial charge on any atom is 0.407 e. The van der Waals surface area contributed by atoms with Crippen molar-refractivity contribution in [1.82, 2.24) is 25.0 Å². The Morgan fingerprint density at radius 1 is 1.00 bits per heavy atom. The fourth-order valence-corrected chi connectivity index (χ4v) is 4.47. The first-order valence-electron chi connectivity index (χ1n) is 11.6. The lowest BCUT2D eigenvalue weighted by atomic mass is 10.0. The van der Waals surface area contributed by atoms with E-state index in [0.29, 0.717) is 30.9 Å². The number of hydrogen-bond acceptors (Lipinski definition) is 4. The number of aromatic nitrogens is 3. The molecule has 5 rings (SSSR count). The van der Waals surface area contributed by atoms with Gasteiger partial charge in [-0.05, 0) is 37.1 Å². The topological polar surface area (TPSA) is 83.3 Å². The molecular weight excluding hydrogens is 445 g/mol. The highest BCUT2D eigenvalue weighted by molar-refractivity contribution is 5.67. The molecule has 4 aromatic rings. The van der Waals surface area contributed by atoms with Crippen molar-refractivity contribution >= 4 is 6.09 Å². The molecule has 2 aromatic heterocycles. The zero-order valence-electron chi connectivity index (χ0n) is 19.1. The number of nitrogens with one attached hydrogen (secondary N) is 1. The highest BCUT2D eigenvalue weighted by atomic mass is 19.1. The summed E-state index contributed by atoms with van der Waals surface area (Å²) in [6, 6.07) is 20.7. The van der Waals surface area contributed by atoms with Gasteiger partial charge in [0.05, 0.1) is 29.5 Å². The average molecular weight is 472 g/mol. The van der Waals surface area contributed by atoms with Gasteiger partial charge in [-0.3, -0.25) is 4.98 Å². The van der Waals surface area contributed by atoms with Gasteiger partial charge in [-0.2, -0.15) is 5.10 Å². The van der Waals surface area contributed by atoms with Gasteiger partial charge in [0.2, 0.25) is 0 Å². The molecule has 35 heavy (non-hydrogen) atoms. The van der Waals surface area contributed by atoms with Gasteiger partial charge in [0.1, 0.15) is 5.82 Å². The number of benzene rings is 2. The van der Waals surface area contributed by atoms with E-state index in [1.165, 1.54) is 11.0 Å². The number of pyridine rings is 1. The van der Waals surface area contributed by atoms with E-state index >= 15 is 0 Å². The first-order chi connectivity index (χ1) is 17.1. The average Bonchev–Trinajstić information content (AvgIpc) is 3.32. The Labute approximate surface area is 202 Å². The summed E-state index contributed by atoms with van der Waals surface area (Å²) in [6.07, 6.45) is 4.10. The fraction of sp³-hybridized carbons (Fsp3) is 0.222. The third-order valence-electron chi connectivity index (χ3n) is 6.38. The van der Waals surface area contributed by atoms with Crippen LogP contribution >= 0.6 is 0 Å². The zero-order valence-corrected chi connectivity index (χ0v) is 19.1. The summed E-state index contributed by atoms with van der Waals surface area (Å²) in [6.45, 7) is 1.51. The summed E-state index contributed by atoms with van der Waals surface area (Å²) in [5, 5.41) is 17.3. The molecule has 1 aliphatic rings. The number of piperidine rings is 1. The SMILES string of the molecule is O=C(O)N1CCC(NCc2cnn(-c3ccc(-c4ccccc4)nc3)c2-c2ccccc2F)CC1. The highest BCUT2D eigenvalue weighted by Crippen LogP contribution is 2.29. The van der Waals surface area contributed by atoms with Crippen LogP contribution in [0, 0.1) is 5.82 Å². The van der Waals surface area contributed by atoms with Crippen molar-refractivity contribution in [3.8, 4) is 28.2 Å². The van der Waals surface area contributed by atoms with Crippen LogP contribution in [-0.2, 0) is 6.54 Å². The van der Waals surface area contributed by atoms with E-state index in [-0.39, 0.29) is 11.9 Å². The molecule has 1 aliphatic heterocycles. The molecule has 0 atom stereocenters. The van der Waals surface area contributed by atoms with Crippen LogP contribution in [0.3, 0.4) is 0 Å². The largest absolute Gasteiger partial charge is 0.465 e. The van der Waals surface area contributed by atoms with Crippen LogP contribution in [0.5, 0.6) is 0 Å². The van der Waals surface area contributed by atoms with Crippen LogP contribution in [-0.4, -0.2) is 50.0 Å². The van der Waals surface area contributed by atoms with E-state index in [2.05, 4.69) is 15.4 Å². The standard InChI is InChI=1S/C27H26FN5O2/c28-24-9-5-4-8-23(24)26-20(16-29-21-12-14-32(15-13-21)27(34)35)17-31-33(26)22-10-11-25(30-18-22)19-6-2-1-3-7-19/h1-11,17-18,21,29H,12-16H2,(H,34,35). The number of hydrogen-bond donors (Lipinski definition) is 2. The van der Waals surface area contributed by atoms with Crippen molar-refractivity contribution in [3.63, 3.8) is 0 Å². The van der Waals surface area contributed by atoms with Gasteiger partial charge in [-0.15, -0.1) is 0 Å². The molecule has 0 spiro atoms. The first-order valence-corrected chi connectivity index (χ1v) is 11.6. The number of nitrogens with zero attached hydrogens (tertiary/aromatic N) is 4. The van der Waals surface area contributed by atoms with Gasteiger partial charge in [0, 0.05) is 42.4 Å². The predicted octanol–water partition coefficient (Wildman–Crippen LogP) is 4.97. The third kappa shape index (κ3) is 4.93. The number of carbonyl (C=O) groups is 1. The lowest BCUT2D eigenvalue weighted by Crippen LogP contribution is -2.44. The quantitative estimate of drug-likeness (QED) is 0.415. The van der Waals surface area contributed by atoms with Gasteiger partial charge in [-0.1, -0.05) is 42.5 Å². The number of likely N-dealkylation sites (tertiary alicyclic amines) is 1. The molecule has 0 bridgehead atoms. The Balaban J connectivity index is 1.42. The molecule has 1 saturated heterocycles. The van der Waals surface area contributed by atoms with E-state index < -0.39 is 6.09 Å². The molecule has 7 nitrogen and oxygen atoms in total. The van der Waals surface area contributed by atoms with Gasteiger partial charge in [-0.25, -0.2) is 13.9 Å². The van der Waals surface area contributed by atoms with Crippen LogP contribution in [0.1, 0.15) is 18.4 Å². The minimum absolute atomic E-state index is 0.189. The molecule has 1 amide bonds. The second kappa shape index (κ2) is 10.1. The Morgan fingerprint density at radius 3 is 2.43 bits per heavy atom. The lowest BCUT2D eigenvalue weighted by Gasteiger charge is -2.30. The second-order valence-electron chi connectivity index (χ2n) is 8.60. The van der Waals surface area contributed by atoms with E-state index in [0.717, 1.165) is 35.3 Å². The minimum atomic E-state index is -0.876. The molecule has 0 saturated carbocycles. The van der Waals surface area contributed by atoms with Crippen molar-refractivity contribution in [1.29, 1.82) is 0 Å². The Bertz CT molecular complexity index is 1300. The zero-order chi connectivity index (χ0) is 24.2. The summed E-state index contributed by atoms with van der Waals surface area (Å²) in [5.74, 6) is -0.320. The lowest BCUT2D eigenvalue weighted by molar-refractivity contribution is 0.129. The van der Waals surface area contributed by atoms with Crippen LogP contribution in [0.15, 0.2) is 79.1 Å². The molecule has 0 unspecified atom stereocenters. The summed E-state index contributed by atoms with van der Waals surface area (Å²) in [7, 11) is 0. The monoisotopic (exact) mass is 471 g/mol. The van der Waals surface area contributed by atoms with Crippen LogP contribution in [0.25, 0.3) is 28.2 Å². The van der Waals surface area contributed by atoms with E-state index in [1.54, 1.807) is 29.2 Å². The molecule has 1 fully saturated rings. The van der Waals surface area contributed by atoms with Gasteiger partial charge >= 0.3 is 6.09 Å². The Morgan fingerprint density at radius 2 is 1.74 bits per heavy atom. The molecule has 2 aromatic carbocycles. The van der Waals surface area contributed by atoms with Crippen LogP contribution in [0.4, 0.5) is 9.18 Å². The molecule has 0 aliphatic carbocycles. The smallest absolute Gasteiger partial charge is 0.407 e. The van der Waals surface area contributed by atoms with E-state index in [1.807, 2.05) is 48.5 Å². The molecule has 2 N–H and O–H groups in total. The van der Waals surface area contributed by atoms with Gasteiger partial charge in [0.15, 0.2) is 0 Å². The Hall–Kier alpha value is -4.04. The van der Waals surface area contributed by atoms with Gasteiger partial charge in [0.25, 0.3) is 0 Å². The molecular formula is C27H26FN5O2. The summed E-state index contributed by atoms with van der Waals surface area (Å²) in [4.78, 5) is 17.2. The first kappa shape index (κ1) is 22.7. The molecule has 8 heteroatoms. The number of halogens is 1. The van der Waals surface area contributed by atoms with Crippen molar-refractivity contribution < 1.29 is 14.3 Å². The van der Waals surface area contributed by atoms with E-state index in [9.17, 15) is 9.18 Å². The fourth-order valence-electron chi connectivity index (χ4n) is 4.47. The van der Waals surface area contributed by atoms with Crippen LogP contribution in [0.2, 0.25) is 0 Å². The van der Waals surface area contributed by atoms with Gasteiger partial charge < -0.3 is 15.3 Å². The normalized spacial score (nSPS) is 14.3. The maximum absolute atomic E-state index is 14.9. The molecule has 0 radical (unpaired) electrons. The molecule has 178 valence electrons. The summed E-state index contributed by atoms with van der Waals surface area (Å²) in [5.41, 5.74) is 4.62. The molecule has 3 heterocycles. The highest BCUT2D eigenvalue weighted by Gasteiger charge is 2.23. The summed E-state index contributed by atoms with van der Waals surface area (Å²) < 4.78 is 16.6. The minimum Gasteiger partial charge on any atom is -0.465 e. The van der Waals surface area contributed by atoms with Crippen molar-refractivity contribution in [2.45, 2.75) is 25.4 Å². The second-order valence-corrected chi connectivity index (χ2v) is 8.60. The summed E-state index contributed by atoms with van der Waals surface area (Å²) >= 11 is 0. The van der Waals surface area contributed by atoms with Crippen molar-refractivity contribution in [2.75, 3.05) is 13.1 Å². The maximum atomic E-state index is 14.9. The Kier molecular flexibility index (Phi) is 6.54. The van der Waals surface area contributed by atoms with E-state index in [4.69, 9.17) is 5.11 Å². The number of carboxylic acid groups (broad SMARTS) is 1. The predicted molar refractivity (Wildman–Crippen MR) is 132 cm³/mol.